The minimum Gasteiger partial charge on any atom is -0.337 e. The van der Waals surface area contributed by atoms with E-state index in [0.717, 1.165) is 60.8 Å². The third-order valence-electron chi connectivity index (χ3n) is 6.90. The molecule has 4 rings (SSSR count). The Morgan fingerprint density at radius 3 is 2.41 bits per heavy atom. The van der Waals surface area contributed by atoms with Crippen LogP contribution in [-0.4, -0.2) is 37.6 Å². The molecule has 0 aromatic heterocycles. The van der Waals surface area contributed by atoms with Crippen molar-refractivity contribution >= 4 is 23.3 Å². The Kier molecular flexibility index (Phi) is 7.76. The molecule has 1 fully saturated rings. The molecule has 1 aliphatic rings. The molecular weight excluding hydrogens is 501 g/mol. The summed E-state index contributed by atoms with van der Waals surface area (Å²) in [6.45, 7) is 2.00. The second kappa shape index (κ2) is 10.8. The van der Waals surface area contributed by atoms with Crippen LogP contribution in [0.5, 0.6) is 0 Å². The molecule has 0 radical (unpaired) electrons. The normalized spacial score (nSPS) is 15.6. The first-order valence-corrected chi connectivity index (χ1v) is 12.2. The molecule has 3 aromatic rings. The molecule has 0 aliphatic carbocycles. The van der Waals surface area contributed by atoms with Crippen LogP contribution in [0.3, 0.4) is 0 Å². The average molecular weight is 527 g/mol. The highest BCUT2D eigenvalue weighted by Gasteiger charge is 2.36. The largest absolute Gasteiger partial charge is 0.416 e. The average Bonchev–Trinajstić information content (AvgIpc) is 2.89. The zero-order valence-electron chi connectivity index (χ0n) is 20.2. The molecule has 0 spiro atoms. The van der Waals surface area contributed by atoms with Crippen LogP contribution < -0.4 is 10.6 Å². The Morgan fingerprint density at radius 2 is 1.76 bits per heavy atom. The highest BCUT2D eigenvalue weighted by molar-refractivity contribution is 6.33. The lowest BCUT2D eigenvalue weighted by Gasteiger charge is -2.41. The first-order chi connectivity index (χ1) is 17.6. The number of benzene rings is 3. The second-order valence-electron chi connectivity index (χ2n) is 9.35. The number of alkyl halides is 3. The van der Waals surface area contributed by atoms with Crippen molar-refractivity contribution in [1.29, 1.82) is 5.26 Å². The number of urea groups is 1. The molecule has 0 bridgehead atoms. The number of rotatable bonds is 5. The maximum atomic E-state index is 13.1. The van der Waals surface area contributed by atoms with Gasteiger partial charge in [-0.1, -0.05) is 48.0 Å². The maximum Gasteiger partial charge on any atom is 0.416 e. The Morgan fingerprint density at radius 1 is 1.05 bits per heavy atom. The molecule has 5 nitrogen and oxygen atoms in total. The maximum absolute atomic E-state index is 13.1. The first kappa shape index (κ1) is 26.5. The van der Waals surface area contributed by atoms with Crippen LogP contribution in [0.4, 0.5) is 23.7 Å². The topological polar surface area (TPSA) is 68.2 Å². The molecule has 9 heteroatoms. The Hall–Kier alpha value is -3.54. The van der Waals surface area contributed by atoms with Crippen LogP contribution in [0.15, 0.2) is 66.7 Å². The van der Waals surface area contributed by atoms with E-state index >= 15 is 0 Å². The van der Waals surface area contributed by atoms with E-state index in [-0.39, 0.29) is 16.1 Å². The predicted molar refractivity (Wildman–Crippen MR) is 138 cm³/mol. The van der Waals surface area contributed by atoms with E-state index in [4.69, 9.17) is 11.6 Å². The number of hydrogen-bond donors (Lipinski definition) is 2. The fraction of sp³-hybridized carbons (Fsp3) is 0.286. The van der Waals surface area contributed by atoms with Gasteiger partial charge in [0, 0.05) is 12.0 Å². The summed E-state index contributed by atoms with van der Waals surface area (Å²) in [4.78, 5) is 14.9. The van der Waals surface area contributed by atoms with Gasteiger partial charge in [0.05, 0.1) is 27.9 Å². The van der Waals surface area contributed by atoms with Gasteiger partial charge in [0.2, 0.25) is 0 Å². The molecule has 0 unspecified atom stereocenters. The number of amides is 2. The van der Waals surface area contributed by atoms with Crippen molar-refractivity contribution in [3.8, 4) is 17.2 Å². The molecule has 0 saturated carbocycles. The standard InChI is InChI=1S/C28H26ClF3N4O/c1-36-13-11-27(12-14-36,22-7-5-20(6-8-22)21-4-2-3-19(15-21)17-33)18-34-26(37)35-25-16-23(28(30,31)32)9-10-24(25)29/h2-10,15-16H,11-14,18H2,1H3,(H2,34,35,37). The summed E-state index contributed by atoms with van der Waals surface area (Å²) in [5, 5.41) is 14.5. The number of nitrogens with zero attached hydrogens (tertiary/aromatic N) is 2. The molecule has 1 saturated heterocycles. The van der Waals surface area contributed by atoms with Gasteiger partial charge in [0.1, 0.15) is 0 Å². The van der Waals surface area contributed by atoms with Crippen molar-refractivity contribution in [1.82, 2.24) is 10.2 Å². The molecular formula is C28H26ClF3N4O. The van der Waals surface area contributed by atoms with Gasteiger partial charge in [-0.2, -0.15) is 18.4 Å². The van der Waals surface area contributed by atoms with Crippen LogP contribution in [0.2, 0.25) is 5.02 Å². The number of hydrogen-bond acceptors (Lipinski definition) is 3. The summed E-state index contributed by atoms with van der Waals surface area (Å²) in [5.74, 6) is 0. The van der Waals surface area contributed by atoms with Crippen LogP contribution in [0.1, 0.15) is 29.5 Å². The highest BCUT2D eigenvalue weighted by Crippen LogP contribution is 2.37. The van der Waals surface area contributed by atoms with Crippen LogP contribution in [-0.2, 0) is 11.6 Å². The zero-order chi connectivity index (χ0) is 26.6. The quantitative estimate of drug-likeness (QED) is 0.389. The minimum atomic E-state index is -4.54. The van der Waals surface area contributed by atoms with E-state index in [0.29, 0.717) is 12.1 Å². The molecule has 0 atom stereocenters. The summed E-state index contributed by atoms with van der Waals surface area (Å²) in [6, 6.07) is 19.9. The van der Waals surface area contributed by atoms with Gasteiger partial charge >= 0.3 is 12.2 Å². The number of nitriles is 1. The number of likely N-dealkylation sites (tertiary alicyclic amines) is 1. The Bertz CT molecular complexity index is 1310. The Balaban J connectivity index is 1.52. The van der Waals surface area contributed by atoms with Gasteiger partial charge in [-0.15, -0.1) is 0 Å². The van der Waals surface area contributed by atoms with Gasteiger partial charge in [-0.3, -0.25) is 0 Å². The lowest BCUT2D eigenvalue weighted by atomic mass is 9.72. The summed E-state index contributed by atoms with van der Waals surface area (Å²) in [5.41, 5.74) is 2.25. The van der Waals surface area contributed by atoms with Crippen molar-refractivity contribution in [3.63, 3.8) is 0 Å². The molecule has 3 aromatic carbocycles. The zero-order valence-corrected chi connectivity index (χ0v) is 21.0. The molecule has 1 heterocycles. The minimum absolute atomic E-state index is 0.0215. The molecule has 2 N–H and O–H groups in total. The summed E-state index contributed by atoms with van der Waals surface area (Å²) < 4.78 is 39.2. The molecule has 2 amide bonds. The van der Waals surface area contributed by atoms with Gasteiger partial charge < -0.3 is 15.5 Å². The lowest BCUT2D eigenvalue weighted by Crippen LogP contribution is -2.48. The highest BCUT2D eigenvalue weighted by atomic mass is 35.5. The van der Waals surface area contributed by atoms with Crippen molar-refractivity contribution in [3.05, 3.63) is 88.4 Å². The summed E-state index contributed by atoms with van der Waals surface area (Å²) >= 11 is 6.03. The number of anilines is 1. The number of piperidine rings is 1. The van der Waals surface area contributed by atoms with E-state index in [1.165, 1.54) is 0 Å². The third kappa shape index (κ3) is 6.24. The van der Waals surface area contributed by atoms with Crippen LogP contribution in [0, 0.1) is 11.3 Å². The van der Waals surface area contributed by atoms with Gasteiger partial charge in [0.15, 0.2) is 0 Å². The predicted octanol–water partition coefficient (Wildman–Crippen LogP) is 6.68. The third-order valence-corrected chi connectivity index (χ3v) is 7.23. The van der Waals surface area contributed by atoms with Gasteiger partial charge in [-0.25, -0.2) is 4.79 Å². The van der Waals surface area contributed by atoms with Gasteiger partial charge in [0.25, 0.3) is 0 Å². The van der Waals surface area contributed by atoms with E-state index in [1.807, 2.05) is 49.5 Å². The van der Waals surface area contributed by atoms with Crippen molar-refractivity contribution in [2.24, 2.45) is 0 Å². The smallest absolute Gasteiger partial charge is 0.337 e. The number of nitrogens with one attached hydrogen (secondary N) is 2. The van der Waals surface area contributed by atoms with Gasteiger partial charge in [-0.05, 0) is 80.0 Å². The summed E-state index contributed by atoms with van der Waals surface area (Å²) in [7, 11) is 2.05. The van der Waals surface area contributed by atoms with Crippen LogP contribution in [0.25, 0.3) is 11.1 Å². The monoisotopic (exact) mass is 526 g/mol. The Labute approximate surface area is 218 Å². The molecule has 192 valence electrons. The SMILES string of the molecule is CN1CCC(CNC(=O)Nc2cc(C(F)(F)F)ccc2Cl)(c2ccc(-c3cccc(C#N)c3)cc2)CC1. The van der Waals surface area contributed by atoms with E-state index < -0.39 is 17.8 Å². The first-order valence-electron chi connectivity index (χ1n) is 11.8. The van der Waals surface area contributed by atoms with Crippen molar-refractivity contribution < 1.29 is 18.0 Å². The van der Waals surface area contributed by atoms with Crippen LogP contribution >= 0.6 is 11.6 Å². The second-order valence-corrected chi connectivity index (χ2v) is 9.76. The fourth-order valence-corrected chi connectivity index (χ4v) is 4.78. The number of carbonyl (C=O) groups is 1. The lowest BCUT2D eigenvalue weighted by molar-refractivity contribution is -0.137. The number of carbonyl (C=O) groups excluding carboxylic acids is 1. The summed E-state index contributed by atoms with van der Waals surface area (Å²) in [6.07, 6.45) is -2.94. The van der Waals surface area contributed by atoms with Crippen molar-refractivity contribution in [2.45, 2.75) is 24.4 Å². The molecule has 37 heavy (non-hydrogen) atoms. The fourth-order valence-electron chi connectivity index (χ4n) is 4.61. The molecule has 1 aliphatic heterocycles. The van der Waals surface area contributed by atoms with E-state index in [1.54, 1.807) is 6.07 Å². The van der Waals surface area contributed by atoms with E-state index in [2.05, 4.69) is 21.6 Å². The van der Waals surface area contributed by atoms with E-state index in [9.17, 15) is 23.2 Å². The number of halogens is 4. The van der Waals surface area contributed by atoms with Crippen molar-refractivity contribution in [2.75, 3.05) is 32.0 Å².